The Labute approximate surface area is 166 Å². The molecule has 3 rings (SSSR count). The number of pyridine rings is 1. The third-order valence-corrected chi connectivity index (χ3v) is 5.70. The van der Waals surface area contributed by atoms with Crippen LogP contribution in [0.2, 0.25) is 0 Å². The minimum Gasteiger partial charge on any atom is -0.388 e. The van der Waals surface area contributed by atoms with Crippen molar-refractivity contribution in [1.29, 1.82) is 5.26 Å². The second-order valence-corrected chi connectivity index (χ2v) is 7.37. The molecule has 0 aliphatic carbocycles. The van der Waals surface area contributed by atoms with Gasteiger partial charge < -0.3 is 10.2 Å². The van der Waals surface area contributed by atoms with Crippen molar-refractivity contribution in [3.63, 3.8) is 0 Å². The molecule has 1 N–H and O–H groups in total. The van der Waals surface area contributed by atoms with E-state index in [0.717, 1.165) is 23.4 Å². The number of likely N-dealkylation sites (tertiary alicyclic amines) is 1. The first kappa shape index (κ1) is 19.9. The van der Waals surface area contributed by atoms with Crippen molar-refractivity contribution in [1.82, 2.24) is 9.88 Å². The fraction of sp³-hybridized carbons (Fsp3) is 0.391. The lowest BCUT2D eigenvalue weighted by molar-refractivity contribution is 0.0750. The third kappa shape index (κ3) is 3.73. The molecule has 1 aromatic heterocycles. The number of nitriles is 1. The minimum absolute atomic E-state index is 0.357. The summed E-state index contributed by atoms with van der Waals surface area (Å²) in [6.07, 6.45) is 3.13. The van der Waals surface area contributed by atoms with E-state index >= 15 is 4.39 Å². The van der Waals surface area contributed by atoms with Crippen LogP contribution in [0.1, 0.15) is 47.7 Å². The normalized spacial score (nSPS) is 15.8. The fourth-order valence-electron chi connectivity index (χ4n) is 3.89. The Morgan fingerprint density at radius 3 is 2.61 bits per heavy atom. The molecular weight excluding hydrogens is 351 g/mol. The smallest absolute Gasteiger partial charge is 0.156 e. The second-order valence-electron chi connectivity index (χ2n) is 7.37. The van der Waals surface area contributed by atoms with Gasteiger partial charge in [-0.1, -0.05) is 19.6 Å². The maximum absolute atomic E-state index is 15.5. The Hall–Kier alpha value is -2.87. The SMILES string of the molecule is C=C(c1cc(NC)c(CC)cc1C)N1CCC(F)(c2ccc(C#N)cn2)CC1. The number of nitrogens with zero attached hydrogens (tertiary/aromatic N) is 3. The highest BCUT2D eigenvalue weighted by atomic mass is 19.1. The molecule has 146 valence electrons. The highest BCUT2D eigenvalue weighted by Gasteiger charge is 2.38. The zero-order chi connectivity index (χ0) is 20.3. The molecule has 1 aliphatic heterocycles. The van der Waals surface area contributed by atoms with Gasteiger partial charge in [-0.2, -0.15) is 5.26 Å². The molecule has 0 atom stereocenters. The summed E-state index contributed by atoms with van der Waals surface area (Å²) in [5.41, 5.74) is 5.03. The molecule has 4 nitrogen and oxygen atoms in total. The topological polar surface area (TPSA) is 52.0 Å². The second kappa shape index (κ2) is 8.02. The van der Waals surface area contributed by atoms with Crippen LogP contribution in [0, 0.1) is 18.3 Å². The first-order valence-electron chi connectivity index (χ1n) is 9.73. The summed E-state index contributed by atoms with van der Waals surface area (Å²) in [6, 6.07) is 9.64. The molecule has 0 radical (unpaired) electrons. The van der Waals surface area contributed by atoms with Crippen LogP contribution in [0.3, 0.4) is 0 Å². The van der Waals surface area contributed by atoms with Crippen LogP contribution in [-0.4, -0.2) is 30.0 Å². The Bertz CT molecular complexity index is 903. The molecule has 0 spiro atoms. The van der Waals surface area contributed by atoms with E-state index in [1.165, 1.54) is 17.3 Å². The maximum atomic E-state index is 15.5. The highest BCUT2D eigenvalue weighted by molar-refractivity contribution is 5.70. The predicted molar refractivity (Wildman–Crippen MR) is 112 cm³/mol. The van der Waals surface area contributed by atoms with Gasteiger partial charge in [-0.05, 0) is 42.7 Å². The molecule has 0 saturated carbocycles. The largest absolute Gasteiger partial charge is 0.388 e. The van der Waals surface area contributed by atoms with Crippen molar-refractivity contribution in [3.05, 3.63) is 65.0 Å². The molecule has 1 aromatic carbocycles. The van der Waals surface area contributed by atoms with Crippen molar-refractivity contribution in [2.45, 2.75) is 38.8 Å². The molecule has 1 saturated heterocycles. The Kier molecular flexibility index (Phi) is 5.69. The van der Waals surface area contributed by atoms with Crippen LogP contribution in [-0.2, 0) is 12.1 Å². The van der Waals surface area contributed by atoms with Gasteiger partial charge in [-0.25, -0.2) is 4.39 Å². The van der Waals surface area contributed by atoms with E-state index in [0.29, 0.717) is 37.2 Å². The van der Waals surface area contributed by atoms with Crippen LogP contribution >= 0.6 is 0 Å². The summed E-state index contributed by atoms with van der Waals surface area (Å²) in [5, 5.41) is 12.2. The summed E-state index contributed by atoms with van der Waals surface area (Å²) in [5.74, 6) is 0. The fourth-order valence-corrected chi connectivity index (χ4v) is 3.89. The van der Waals surface area contributed by atoms with E-state index < -0.39 is 5.67 Å². The Morgan fingerprint density at radius 1 is 1.36 bits per heavy atom. The number of benzene rings is 1. The molecule has 1 aliphatic rings. The van der Waals surface area contributed by atoms with Gasteiger partial charge in [0.05, 0.1) is 11.3 Å². The van der Waals surface area contributed by atoms with Gasteiger partial charge in [0.15, 0.2) is 5.67 Å². The molecule has 2 aromatic rings. The number of piperidine rings is 1. The first-order valence-corrected chi connectivity index (χ1v) is 9.73. The molecular formula is C23H27FN4. The van der Waals surface area contributed by atoms with E-state index in [1.54, 1.807) is 12.1 Å². The number of halogens is 1. The molecule has 0 unspecified atom stereocenters. The van der Waals surface area contributed by atoms with Crippen molar-refractivity contribution in [2.75, 3.05) is 25.5 Å². The number of hydrogen-bond donors (Lipinski definition) is 1. The van der Waals surface area contributed by atoms with Crippen LogP contribution in [0.25, 0.3) is 5.70 Å². The van der Waals surface area contributed by atoms with Crippen molar-refractivity contribution < 1.29 is 4.39 Å². The highest BCUT2D eigenvalue weighted by Crippen LogP contribution is 2.38. The predicted octanol–water partition coefficient (Wildman–Crippen LogP) is 4.80. The quantitative estimate of drug-likeness (QED) is 0.812. The van der Waals surface area contributed by atoms with Crippen LogP contribution in [0.15, 0.2) is 37.0 Å². The average molecular weight is 378 g/mol. The van der Waals surface area contributed by atoms with Gasteiger partial charge in [0.1, 0.15) is 6.07 Å². The van der Waals surface area contributed by atoms with E-state index in [1.807, 2.05) is 13.1 Å². The van der Waals surface area contributed by atoms with Gasteiger partial charge in [-0.15, -0.1) is 0 Å². The van der Waals surface area contributed by atoms with E-state index in [9.17, 15) is 0 Å². The van der Waals surface area contributed by atoms with Gasteiger partial charge in [0, 0.05) is 56.1 Å². The van der Waals surface area contributed by atoms with Crippen LogP contribution in [0.5, 0.6) is 0 Å². The van der Waals surface area contributed by atoms with Gasteiger partial charge in [-0.3, -0.25) is 4.98 Å². The number of aryl methyl sites for hydroxylation is 2. The number of rotatable bonds is 5. The molecule has 28 heavy (non-hydrogen) atoms. The van der Waals surface area contributed by atoms with Gasteiger partial charge in [0.2, 0.25) is 0 Å². The van der Waals surface area contributed by atoms with Crippen LogP contribution < -0.4 is 5.32 Å². The Morgan fingerprint density at radius 2 is 2.07 bits per heavy atom. The summed E-state index contributed by atoms with van der Waals surface area (Å²) >= 11 is 0. The summed E-state index contributed by atoms with van der Waals surface area (Å²) in [6.45, 7) is 9.72. The van der Waals surface area contributed by atoms with Gasteiger partial charge in [0.25, 0.3) is 0 Å². The lowest BCUT2D eigenvalue weighted by Crippen LogP contribution is -2.39. The lowest BCUT2D eigenvalue weighted by atomic mass is 9.88. The first-order chi connectivity index (χ1) is 13.4. The van der Waals surface area contributed by atoms with Crippen LogP contribution in [0.4, 0.5) is 10.1 Å². The maximum Gasteiger partial charge on any atom is 0.156 e. The van der Waals surface area contributed by atoms with E-state index in [2.05, 4.69) is 47.8 Å². The monoisotopic (exact) mass is 378 g/mol. The third-order valence-electron chi connectivity index (χ3n) is 5.70. The molecule has 5 heteroatoms. The number of aromatic nitrogens is 1. The minimum atomic E-state index is -1.46. The van der Waals surface area contributed by atoms with Crippen molar-refractivity contribution >= 4 is 11.4 Å². The zero-order valence-corrected chi connectivity index (χ0v) is 16.8. The molecule has 1 fully saturated rings. The zero-order valence-electron chi connectivity index (χ0n) is 16.8. The Balaban J connectivity index is 1.75. The number of alkyl halides is 1. The summed E-state index contributed by atoms with van der Waals surface area (Å²) < 4.78 is 15.5. The van der Waals surface area contributed by atoms with Crippen molar-refractivity contribution in [2.24, 2.45) is 0 Å². The van der Waals surface area contributed by atoms with Gasteiger partial charge >= 0.3 is 0 Å². The van der Waals surface area contributed by atoms with Crippen molar-refractivity contribution in [3.8, 4) is 6.07 Å². The standard InChI is InChI=1S/C23H27FN4/c1-5-19-12-16(2)20(13-21(19)26-4)17(3)28-10-8-23(24,9-11-28)22-7-6-18(14-25)15-27-22/h6-7,12-13,15,26H,3,5,8-11H2,1-2,4H3. The van der Waals surface area contributed by atoms with E-state index in [-0.39, 0.29) is 0 Å². The molecule has 0 bridgehead atoms. The number of hydrogen-bond acceptors (Lipinski definition) is 4. The number of nitrogens with one attached hydrogen (secondary N) is 1. The lowest BCUT2D eigenvalue weighted by Gasteiger charge is -2.38. The molecule has 0 amide bonds. The molecule has 2 heterocycles. The van der Waals surface area contributed by atoms with E-state index in [4.69, 9.17) is 5.26 Å². The summed E-state index contributed by atoms with van der Waals surface area (Å²) in [4.78, 5) is 6.34. The number of anilines is 1. The average Bonchev–Trinajstić information content (AvgIpc) is 2.73. The summed E-state index contributed by atoms with van der Waals surface area (Å²) in [7, 11) is 1.93.